The molecule has 1 N–H and O–H groups in total. The first-order valence-electron chi connectivity index (χ1n) is 12.2. The van der Waals surface area contributed by atoms with Crippen molar-refractivity contribution in [3.63, 3.8) is 0 Å². The number of amides is 1. The van der Waals surface area contributed by atoms with Gasteiger partial charge in [0.2, 0.25) is 0 Å². The van der Waals surface area contributed by atoms with Crippen molar-refractivity contribution in [2.24, 2.45) is 0 Å². The van der Waals surface area contributed by atoms with Gasteiger partial charge in [-0.25, -0.2) is 0 Å². The third-order valence-corrected chi connectivity index (χ3v) is 7.52. The van der Waals surface area contributed by atoms with Crippen LogP contribution < -0.4 is 10.2 Å². The normalized spacial score (nSPS) is 22.4. The molecule has 5 rings (SSSR count). The Bertz CT molecular complexity index is 928. The maximum absolute atomic E-state index is 13.0. The van der Waals surface area contributed by atoms with Gasteiger partial charge in [-0.05, 0) is 99.1 Å². The molecule has 0 spiro atoms. The third-order valence-electron chi connectivity index (χ3n) is 7.52. The monoisotopic (exact) mass is 433 g/mol. The van der Waals surface area contributed by atoms with Crippen LogP contribution in [0.4, 0.5) is 5.69 Å². The van der Waals surface area contributed by atoms with Gasteiger partial charge in [-0.1, -0.05) is 18.2 Å². The molecule has 32 heavy (non-hydrogen) atoms. The van der Waals surface area contributed by atoms with Gasteiger partial charge in [0.15, 0.2) is 0 Å². The lowest BCUT2D eigenvalue weighted by Crippen LogP contribution is -2.39. The Morgan fingerprint density at radius 3 is 2.47 bits per heavy atom. The Kier molecular flexibility index (Phi) is 6.47. The number of likely N-dealkylation sites (tertiary alicyclic amines) is 1. The Balaban J connectivity index is 1.24. The molecule has 1 amide bonds. The van der Waals surface area contributed by atoms with Crippen LogP contribution in [0.2, 0.25) is 0 Å². The summed E-state index contributed by atoms with van der Waals surface area (Å²) < 4.78 is 5.44. The largest absolute Gasteiger partial charge is 0.378 e. The number of piperidine rings is 1. The van der Waals surface area contributed by atoms with Crippen molar-refractivity contribution in [1.29, 1.82) is 0 Å². The second-order valence-corrected chi connectivity index (χ2v) is 9.62. The van der Waals surface area contributed by atoms with Crippen molar-refractivity contribution in [1.82, 2.24) is 10.2 Å². The van der Waals surface area contributed by atoms with Crippen LogP contribution >= 0.6 is 0 Å². The lowest BCUT2D eigenvalue weighted by molar-refractivity contribution is 0.0933. The predicted molar refractivity (Wildman–Crippen MR) is 129 cm³/mol. The Morgan fingerprint density at radius 1 is 0.969 bits per heavy atom. The van der Waals surface area contributed by atoms with E-state index < -0.39 is 0 Å². The number of nitrogens with one attached hydrogen (secondary N) is 1. The van der Waals surface area contributed by atoms with Crippen LogP contribution in [0.3, 0.4) is 0 Å². The maximum atomic E-state index is 13.0. The Morgan fingerprint density at radius 2 is 1.72 bits per heavy atom. The fourth-order valence-corrected chi connectivity index (χ4v) is 5.56. The molecule has 0 bridgehead atoms. The molecule has 0 unspecified atom stereocenters. The molecule has 2 fully saturated rings. The van der Waals surface area contributed by atoms with Gasteiger partial charge in [0, 0.05) is 30.4 Å². The van der Waals surface area contributed by atoms with E-state index in [1.807, 2.05) is 12.1 Å². The first kappa shape index (κ1) is 21.5. The summed E-state index contributed by atoms with van der Waals surface area (Å²) in [7, 11) is 2.22. The number of nitrogens with zero attached hydrogens (tertiary/aromatic N) is 2. The van der Waals surface area contributed by atoms with E-state index >= 15 is 0 Å². The van der Waals surface area contributed by atoms with E-state index in [9.17, 15) is 4.79 Å². The number of benzene rings is 2. The average Bonchev–Trinajstić information content (AvgIpc) is 2.85. The first-order valence-corrected chi connectivity index (χ1v) is 12.2. The highest BCUT2D eigenvalue weighted by Gasteiger charge is 2.27. The van der Waals surface area contributed by atoms with Crippen LogP contribution in [-0.2, 0) is 17.6 Å². The fourth-order valence-electron chi connectivity index (χ4n) is 5.56. The van der Waals surface area contributed by atoms with Gasteiger partial charge in [-0.2, -0.15) is 0 Å². The summed E-state index contributed by atoms with van der Waals surface area (Å²) in [5, 5.41) is 3.33. The van der Waals surface area contributed by atoms with Gasteiger partial charge in [0.25, 0.3) is 5.91 Å². The molecule has 5 nitrogen and oxygen atoms in total. The van der Waals surface area contributed by atoms with Crippen LogP contribution in [0.25, 0.3) is 0 Å². The number of carbonyl (C=O) groups excluding carboxylic acids is 1. The standard InChI is InChI=1S/C27H35N3O2/c1-29-13-11-21(12-14-29)25-4-2-3-20-5-8-23(19-26(20)25)28-27(31)22-6-9-24(10-7-22)30-15-17-32-18-16-30/h2-4,6-7,9-10,21,23H,5,8,11-19H2,1H3,(H,28,31)/t23-/m1/s1. The average molecular weight is 434 g/mol. The Labute approximate surface area is 191 Å². The Hall–Kier alpha value is -2.37. The summed E-state index contributed by atoms with van der Waals surface area (Å²) in [4.78, 5) is 17.7. The topological polar surface area (TPSA) is 44.8 Å². The van der Waals surface area contributed by atoms with E-state index in [0.29, 0.717) is 5.92 Å². The summed E-state index contributed by atoms with van der Waals surface area (Å²) in [5.41, 5.74) is 6.43. The zero-order valence-electron chi connectivity index (χ0n) is 19.2. The van der Waals surface area contributed by atoms with E-state index in [1.165, 1.54) is 48.3 Å². The van der Waals surface area contributed by atoms with Crippen molar-refractivity contribution >= 4 is 11.6 Å². The molecule has 2 aromatic carbocycles. The second kappa shape index (κ2) is 9.63. The number of hydrogen-bond donors (Lipinski definition) is 1. The SMILES string of the molecule is CN1CCC(c2cccc3c2C[C@H](NC(=O)c2ccc(N4CCOCC4)cc2)CC3)CC1. The minimum atomic E-state index is 0.0451. The quantitative estimate of drug-likeness (QED) is 0.800. The molecule has 2 saturated heterocycles. The molecule has 170 valence electrons. The van der Waals surface area contributed by atoms with Crippen LogP contribution in [0.1, 0.15) is 52.2 Å². The molecule has 0 radical (unpaired) electrons. The first-order chi connectivity index (χ1) is 15.7. The molecule has 0 aromatic heterocycles. The maximum Gasteiger partial charge on any atom is 0.251 e. The zero-order valence-corrected chi connectivity index (χ0v) is 19.2. The highest BCUT2D eigenvalue weighted by atomic mass is 16.5. The van der Waals surface area contributed by atoms with Crippen molar-refractivity contribution in [2.75, 3.05) is 51.3 Å². The van der Waals surface area contributed by atoms with Crippen LogP contribution in [-0.4, -0.2) is 63.3 Å². The summed E-state index contributed by atoms with van der Waals surface area (Å²) in [5.74, 6) is 0.701. The lowest BCUT2D eigenvalue weighted by atomic mass is 9.79. The smallest absolute Gasteiger partial charge is 0.251 e. The number of carbonyl (C=O) groups is 1. The van der Waals surface area contributed by atoms with Crippen molar-refractivity contribution in [3.05, 3.63) is 64.7 Å². The van der Waals surface area contributed by atoms with Crippen molar-refractivity contribution in [2.45, 2.75) is 44.1 Å². The van der Waals surface area contributed by atoms with Crippen LogP contribution in [0.15, 0.2) is 42.5 Å². The van der Waals surface area contributed by atoms with E-state index in [4.69, 9.17) is 4.74 Å². The van der Waals surface area contributed by atoms with Gasteiger partial charge >= 0.3 is 0 Å². The minimum Gasteiger partial charge on any atom is -0.378 e. The molecule has 1 atom stereocenters. The van der Waals surface area contributed by atoms with Gasteiger partial charge in [0.05, 0.1) is 13.2 Å². The summed E-state index contributed by atoms with van der Waals surface area (Å²) in [6.45, 7) is 5.71. The number of morpholine rings is 1. The molecular formula is C27H35N3O2. The molecular weight excluding hydrogens is 398 g/mol. The van der Waals surface area contributed by atoms with Crippen molar-refractivity contribution < 1.29 is 9.53 Å². The van der Waals surface area contributed by atoms with E-state index in [-0.39, 0.29) is 11.9 Å². The van der Waals surface area contributed by atoms with Gasteiger partial charge < -0.3 is 19.9 Å². The van der Waals surface area contributed by atoms with Gasteiger partial charge in [0.1, 0.15) is 0 Å². The number of anilines is 1. The molecule has 2 heterocycles. The molecule has 5 heteroatoms. The minimum absolute atomic E-state index is 0.0451. The molecule has 1 aliphatic carbocycles. The van der Waals surface area contributed by atoms with Gasteiger partial charge in [-0.3, -0.25) is 4.79 Å². The number of aryl methyl sites for hydroxylation is 1. The summed E-state index contributed by atoms with van der Waals surface area (Å²) in [6.07, 6.45) is 5.49. The van der Waals surface area contributed by atoms with E-state index in [1.54, 1.807) is 0 Å². The highest BCUT2D eigenvalue weighted by Crippen LogP contribution is 2.34. The van der Waals surface area contributed by atoms with Crippen LogP contribution in [0.5, 0.6) is 0 Å². The zero-order chi connectivity index (χ0) is 21.9. The number of ether oxygens (including phenoxy) is 1. The van der Waals surface area contributed by atoms with Gasteiger partial charge in [-0.15, -0.1) is 0 Å². The predicted octanol–water partition coefficient (Wildman–Crippen LogP) is 3.62. The van der Waals surface area contributed by atoms with E-state index in [0.717, 1.165) is 51.1 Å². The number of fused-ring (bicyclic) bond motifs is 1. The molecule has 0 saturated carbocycles. The van der Waals surface area contributed by atoms with E-state index in [2.05, 4.69) is 52.5 Å². The molecule has 2 aromatic rings. The summed E-state index contributed by atoms with van der Waals surface area (Å²) >= 11 is 0. The fraction of sp³-hybridized carbons (Fsp3) is 0.519. The summed E-state index contributed by atoms with van der Waals surface area (Å²) in [6, 6.07) is 15.1. The number of rotatable bonds is 4. The second-order valence-electron chi connectivity index (χ2n) is 9.62. The number of hydrogen-bond acceptors (Lipinski definition) is 4. The van der Waals surface area contributed by atoms with Crippen LogP contribution in [0, 0.1) is 0 Å². The lowest BCUT2D eigenvalue weighted by Gasteiger charge is -2.33. The highest BCUT2D eigenvalue weighted by molar-refractivity contribution is 5.94. The molecule has 3 aliphatic rings. The molecule has 2 aliphatic heterocycles. The third kappa shape index (κ3) is 4.69. The van der Waals surface area contributed by atoms with Crippen molar-refractivity contribution in [3.8, 4) is 0 Å².